The van der Waals surface area contributed by atoms with Crippen LogP contribution in [-0.2, 0) is 9.53 Å². The molecule has 0 aromatic rings. The third kappa shape index (κ3) is 1.53. The van der Waals surface area contributed by atoms with Crippen molar-refractivity contribution in [1.29, 1.82) is 0 Å². The summed E-state index contributed by atoms with van der Waals surface area (Å²) in [6.45, 7) is 1.51. The summed E-state index contributed by atoms with van der Waals surface area (Å²) in [4.78, 5) is 10.9. The Kier molecular flexibility index (Phi) is 2.49. The lowest BCUT2D eigenvalue weighted by Gasteiger charge is -2.32. The van der Waals surface area contributed by atoms with E-state index in [4.69, 9.17) is 15.6 Å². The van der Waals surface area contributed by atoms with Crippen molar-refractivity contribution in [2.75, 3.05) is 13.2 Å². The van der Waals surface area contributed by atoms with Crippen LogP contribution in [0.3, 0.4) is 0 Å². The molecule has 2 aliphatic rings. The van der Waals surface area contributed by atoms with E-state index in [9.17, 15) is 4.79 Å². The number of hydrogen-bond donors (Lipinski definition) is 2. The average Bonchev–Trinajstić information content (AvgIpc) is 2.99. The quantitative estimate of drug-likeness (QED) is 0.698. The minimum atomic E-state index is -0.868. The first-order valence-electron chi connectivity index (χ1n) is 5.23. The maximum Gasteiger partial charge on any atom is 0.321 e. The van der Waals surface area contributed by atoms with Crippen molar-refractivity contribution < 1.29 is 14.6 Å². The summed E-state index contributed by atoms with van der Waals surface area (Å²) >= 11 is 0. The number of nitrogens with two attached hydrogens (primary N) is 1. The molecule has 0 aromatic carbocycles. The molecule has 3 N–H and O–H groups in total. The van der Waals surface area contributed by atoms with Crippen LogP contribution < -0.4 is 5.73 Å². The molecule has 2 fully saturated rings. The summed E-state index contributed by atoms with van der Waals surface area (Å²) in [7, 11) is 0. The average molecular weight is 199 g/mol. The van der Waals surface area contributed by atoms with E-state index in [0.29, 0.717) is 12.5 Å². The zero-order chi connectivity index (χ0) is 10.2. The van der Waals surface area contributed by atoms with E-state index in [1.807, 2.05) is 0 Å². The van der Waals surface area contributed by atoms with Crippen LogP contribution in [0.25, 0.3) is 0 Å². The molecule has 4 nitrogen and oxygen atoms in total. The fourth-order valence-corrected chi connectivity index (χ4v) is 2.56. The van der Waals surface area contributed by atoms with Crippen LogP contribution in [0.1, 0.15) is 25.7 Å². The van der Waals surface area contributed by atoms with Gasteiger partial charge in [0.1, 0.15) is 6.04 Å². The molecule has 80 valence electrons. The Labute approximate surface area is 83.4 Å². The van der Waals surface area contributed by atoms with Gasteiger partial charge in [0.15, 0.2) is 0 Å². The summed E-state index contributed by atoms with van der Waals surface area (Å²) < 4.78 is 5.39. The maximum absolute atomic E-state index is 10.9. The third-order valence-electron chi connectivity index (χ3n) is 3.69. The molecule has 0 bridgehead atoms. The first-order valence-corrected chi connectivity index (χ1v) is 5.23. The van der Waals surface area contributed by atoms with Gasteiger partial charge in [0.2, 0.25) is 0 Å². The van der Waals surface area contributed by atoms with Crippen molar-refractivity contribution in [1.82, 2.24) is 0 Å². The number of carboxylic acid groups (broad SMARTS) is 1. The van der Waals surface area contributed by atoms with Crippen LogP contribution >= 0.6 is 0 Å². The number of hydrogen-bond acceptors (Lipinski definition) is 3. The molecule has 1 aliphatic heterocycles. The molecular weight excluding hydrogens is 182 g/mol. The summed E-state index contributed by atoms with van der Waals surface area (Å²) in [6.07, 6.45) is 4.02. The zero-order valence-corrected chi connectivity index (χ0v) is 8.24. The molecule has 14 heavy (non-hydrogen) atoms. The van der Waals surface area contributed by atoms with Gasteiger partial charge in [-0.15, -0.1) is 0 Å². The van der Waals surface area contributed by atoms with E-state index >= 15 is 0 Å². The molecule has 1 aliphatic carbocycles. The molecule has 2 atom stereocenters. The van der Waals surface area contributed by atoms with Gasteiger partial charge in [0.25, 0.3) is 0 Å². The van der Waals surface area contributed by atoms with Crippen LogP contribution in [0.4, 0.5) is 0 Å². The van der Waals surface area contributed by atoms with Crippen molar-refractivity contribution in [3.8, 4) is 0 Å². The van der Waals surface area contributed by atoms with Crippen LogP contribution in [-0.4, -0.2) is 30.3 Å². The highest BCUT2D eigenvalue weighted by atomic mass is 16.5. The van der Waals surface area contributed by atoms with Gasteiger partial charge < -0.3 is 15.6 Å². The lowest BCUT2D eigenvalue weighted by atomic mass is 9.79. The second kappa shape index (κ2) is 3.51. The van der Waals surface area contributed by atoms with Crippen molar-refractivity contribution in [2.24, 2.45) is 17.1 Å². The summed E-state index contributed by atoms with van der Waals surface area (Å²) in [6, 6.07) is -0.700. The normalized spacial score (nSPS) is 32.2. The van der Waals surface area contributed by atoms with E-state index in [2.05, 4.69) is 0 Å². The Balaban J connectivity index is 2.03. The standard InChI is InChI=1S/C10H17NO3/c11-8(9(12)13)10(3-4-10)7-2-1-5-14-6-7/h7-8H,1-6,11H2,(H,12,13). The monoisotopic (exact) mass is 199 g/mol. The maximum atomic E-state index is 10.9. The van der Waals surface area contributed by atoms with Crippen LogP contribution in [0.15, 0.2) is 0 Å². The van der Waals surface area contributed by atoms with E-state index in [1.165, 1.54) is 0 Å². The number of ether oxygens (including phenoxy) is 1. The van der Waals surface area contributed by atoms with E-state index < -0.39 is 12.0 Å². The minimum Gasteiger partial charge on any atom is -0.480 e. The molecule has 1 heterocycles. The molecule has 2 rings (SSSR count). The predicted molar refractivity (Wildman–Crippen MR) is 50.8 cm³/mol. The van der Waals surface area contributed by atoms with Crippen LogP contribution in [0.5, 0.6) is 0 Å². The van der Waals surface area contributed by atoms with Gasteiger partial charge in [-0.1, -0.05) is 0 Å². The molecule has 0 spiro atoms. The number of rotatable bonds is 3. The Hall–Kier alpha value is -0.610. The Morgan fingerprint density at radius 2 is 2.29 bits per heavy atom. The zero-order valence-electron chi connectivity index (χ0n) is 8.24. The summed E-state index contributed by atoms with van der Waals surface area (Å²) in [5.74, 6) is -0.504. The molecule has 0 aromatic heterocycles. The molecule has 2 unspecified atom stereocenters. The molecule has 0 radical (unpaired) electrons. The Bertz CT molecular complexity index is 232. The third-order valence-corrected chi connectivity index (χ3v) is 3.69. The summed E-state index contributed by atoms with van der Waals surface area (Å²) in [5, 5.41) is 8.92. The van der Waals surface area contributed by atoms with Crippen molar-refractivity contribution >= 4 is 5.97 Å². The summed E-state index contributed by atoms with van der Waals surface area (Å²) in [5.41, 5.74) is 5.59. The van der Waals surface area contributed by atoms with E-state index in [0.717, 1.165) is 32.3 Å². The van der Waals surface area contributed by atoms with Crippen molar-refractivity contribution in [2.45, 2.75) is 31.7 Å². The van der Waals surface area contributed by atoms with Gasteiger partial charge >= 0.3 is 5.97 Å². The SMILES string of the molecule is NC(C(=O)O)C1(C2CCCOC2)CC1. The first kappa shape index (κ1) is 9.93. The van der Waals surface area contributed by atoms with Crippen LogP contribution in [0, 0.1) is 11.3 Å². The fraction of sp³-hybridized carbons (Fsp3) is 0.900. The highest BCUT2D eigenvalue weighted by molar-refractivity contribution is 5.75. The number of carbonyl (C=O) groups is 1. The molecule has 1 saturated heterocycles. The Morgan fingerprint density at radius 1 is 1.57 bits per heavy atom. The molecule has 0 amide bonds. The lowest BCUT2D eigenvalue weighted by molar-refractivity contribution is -0.141. The van der Waals surface area contributed by atoms with Crippen LogP contribution in [0.2, 0.25) is 0 Å². The van der Waals surface area contributed by atoms with E-state index in [-0.39, 0.29) is 5.41 Å². The molecule has 1 saturated carbocycles. The topological polar surface area (TPSA) is 72.6 Å². The van der Waals surface area contributed by atoms with Gasteiger partial charge in [-0.3, -0.25) is 4.79 Å². The van der Waals surface area contributed by atoms with Gasteiger partial charge in [-0.2, -0.15) is 0 Å². The number of aliphatic carboxylic acids is 1. The predicted octanol–water partition coefficient (Wildman–Crippen LogP) is 0.605. The number of carboxylic acids is 1. The highest BCUT2D eigenvalue weighted by Gasteiger charge is 2.56. The van der Waals surface area contributed by atoms with Crippen molar-refractivity contribution in [3.63, 3.8) is 0 Å². The second-order valence-corrected chi connectivity index (χ2v) is 4.46. The highest BCUT2D eigenvalue weighted by Crippen LogP contribution is 2.56. The van der Waals surface area contributed by atoms with Gasteiger partial charge in [-0.05, 0) is 31.6 Å². The van der Waals surface area contributed by atoms with E-state index in [1.54, 1.807) is 0 Å². The molecule has 4 heteroatoms. The largest absolute Gasteiger partial charge is 0.480 e. The fourth-order valence-electron chi connectivity index (χ4n) is 2.56. The van der Waals surface area contributed by atoms with Crippen molar-refractivity contribution in [3.05, 3.63) is 0 Å². The van der Waals surface area contributed by atoms with Gasteiger partial charge in [0.05, 0.1) is 0 Å². The lowest BCUT2D eigenvalue weighted by Crippen LogP contribution is -2.45. The first-order chi connectivity index (χ1) is 6.67. The Morgan fingerprint density at radius 3 is 2.71 bits per heavy atom. The minimum absolute atomic E-state index is 0.147. The van der Waals surface area contributed by atoms with Gasteiger partial charge in [0, 0.05) is 18.6 Å². The van der Waals surface area contributed by atoms with Gasteiger partial charge in [-0.25, -0.2) is 0 Å². The smallest absolute Gasteiger partial charge is 0.321 e. The molecular formula is C10H17NO3. The second-order valence-electron chi connectivity index (χ2n) is 4.46.